The van der Waals surface area contributed by atoms with E-state index < -0.39 is 17.7 Å². The van der Waals surface area contributed by atoms with Gasteiger partial charge in [0, 0.05) is 48.9 Å². The van der Waals surface area contributed by atoms with Crippen molar-refractivity contribution in [2.75, 3.05) is 11.9 Å². The number of pyridine rings is 1. The van der Waals surface area contributed by atoms with Gasteiger partial charge in [0.25, 0.3) is 0 Å². The summed E-state index contributed by atoms with van der Waals surface area (Å²) in [6, 6.07) is 5.58. The molecule has 0 bridgehead atoms. The lowest BCUT2D eigenvalue weighted by Gasteiger charge is -2.29. The van der Waals surface area contributed by atoms with E-state index in [1.165, 1.54) is 0 Å². The molecule has 0 spiro atoms. The number of carbonyl (C=O) groups is 2. The minimum Gasteiger partial charge on any atom is -0.444 e. The van der Waals surface area contributed by atoms with Gasteiger partial charge < -0.3 is 15.4 Å². The monoisotopic (exact) mass is 577 g/mol. The highest BCUT2D eigenvalue weighted by atomic mass is 32.1. The van der Waals surface area contributed by atoms with Crippen LogP contribution in [-0.4, -0.2) is 61.1 Å². The van der Waals surface area contributed by atoms with E-state index in [1.807, 2.05) is 52.1 Å². The van der Waals surface area contributed by atoms with Gasteiger partial charge in [-0.3, -0.25) is 14.7 Å². The van der Waals surface area contributed by atoms with Crippen molar-refractivity contribution < 1.29 is 14.3 Å². The molecule has 10 nitrogen and oxygen atoms in total. The predicted molar refractivity (Wildman–Crippen MR) is 159 cm³/mol. The average Bonchev–Trinajstić information content (AvgIpc) is 3.54. The summed E-state index contributed by atoms with van der Waals surface area (Å²) in [4.78, 5) is 46.5. The van der Waals surface area contributed by atoms with E-state index in [9.17, 15) is 9.59 Å². The van der Waals surface area contributed by atoms with Crippen molar-refractivity contribution >= 4 is 34.3 Å². The molecule has 2 fully saturated rings. The quantitative estimate of drug-likeness (QED) is 0.343. The molecule has 11 heteroatoms. The smallest absolute Gasteiger partial charge is 0.410 e. The molecule has 0 radical (unpaired) electrons. The van der Waals surface area contributed by atoms with Crippen LogP contribution in [-0.2, 0) is 9.53 Å². The second kappa shape index (κ2) is 12.5. The molecule has 3 atom stereocenters. The zero-order valence-corrected chi connectivity index (χ0v) is 25.0. The van der Waals surface area contributed by atoms with Crippen LogP contribution in [0.1, 0.15) is 83.2 Å². The number of thiazole rings is 1. The normalized spacial score (nSPS) is 21.3. The molecule has 1 saturated carbocycles. The molecular formula is C30H39N7O3S. The molecule has 0 aromatic carbocycles. The van der Waals surface area contributed by atoms with Gasteiger partial charge in [0.15, 0.2) is 5.13 Å². The summed E-state index contributed by atoms with van der Waals surface area (Å²) in [5.74, 6) is 1.66. The number of hydrogen-bond donors (Lipinski definition) is 2. The lowest BCUT2D eigenvalue weighted by Crippen LogP contribution is -2.49. The molecule has 2 amide bonds. The van der Waals surface area contributed by atoms with Crippen LogP contribution in [0.25, 0.3) is 10.4 Å². The number of carbonyl (C=O) groups excluding carboxylic acids is 2. The first kappa shape index (κ1) is 28.9. The van der Waals surface area contributed by atoms with E-state index in [0.29, 0.717) is 18.8 Å². The van der Waals surface area contributed by atoms with E-state index in [0.717, 1.165) is 65.6 Å². The topological polar surface area (TPSA) is 122 Å². The number of aryl methyl sites for hydroxylation is 1. The number of rotatable bonds is 6. The van der Waals surface area contributed by atoms with Gasteiger partial charge in [0.1, 0.15) is 23.3 Å². The van der Waals surface area contributed by atoms with E-state index in [1.54, 1.807) is 28.6 Å². The number of likely N-dealkylation sites (tertiary alicyclic amines) is 1. The zero-order chi connectivity index (χ0) is 29.0. The van der Waals surface area contributed by atoms with Crippen molar-refractivity contribution in [2.45, 2.75) is 96.2 Å². The first-order valence-electron chi connectivity index (χ1n) is 14.4. The van der Waals surface area contributed by atoms with Crippen LogP contribution in [0.15, 0.2) is 36.8 Å². The van der Waals surface area contributed by atoms with Crippen LogP contribution in [0.3, 0.4) is 0 Å². The van der Waals surface area contributed by atoms with Crippen molar-refractivity contribution in [1.82, 2.24) is 30.2 Å². The van der Waals surface area contributed by atoms with E-state index >= 15 is 0 Å². The first-order valence-corrected chi connectivity index (χ1v) is 15.2. The van der Waals surface area contributed by atoms with E-state index in [4.69, 9.17) is 9.72 Å². The minimum absolute atomic E-state index is 0.0734. The van der Waals surface area contributed by atoms with Crippen molar-refractivity contribution in [3.63, 3.8) is 0 Å². The van der Waals surface area contributed by atoms with Crippen LogP contribution >= 0.6 is 11.3 Å². The molecule has 3 aromatic heterocycles. The van der Waals surface area contributed by atoms with Gasteiger partial charge in [0.05, 0.1) is 4.88 Å². The van der Waals surface area contributed by atoms with Crippen LogP contribution in [0.5, 0.6) is 0 Å². The molecule has 1 unspecified atom stereocenters. The van der Waals surface area contributed by atoms with Gasteiger partial charge in [-0.15, -0.1) is 0 Å². The van der Waals surface area contributed by atoms with E-state index in [-0.39, 0.29) is 17.9 Å². The molecule has 2 aliphatic rings. The number of ether oxygens (including phenoxy) is 1. The van der Waals surface area contributed by atoms with Crippen molar-refractivity contribution in [2.24, 2.45) is 0 Å². The lowest BCUT2D eigenvalue weighted by atomic mass is 9.96. The summed E-state index contributed by atoms with van der Waals surface area (Å²) in [5.41, 5.74) is 1.51. The zero-order valence-electron chi connectivity index (χ0n) is 24.2. The number of aromatic nitrogens is 4. The Morgan fingerprint density at radius 1 is 1.05 bits per heavy atom. The van der Waals surface area contributed by atoms with Gasteiger partial charge in [-0.05, 0) is 83.9 Å². The van der Waals surface area contributed by atoms with Crippen LogP contribution in [0.2, 0.25) is 0 Å². The number of anilines is 2. The Morgan fingerprint density at radius 3 is 2.63 bits per heavy atom. The Kier molecular flexibility index (Phi) is 8.82. The highest BCUT2D eigenvalue weighted by Crippen LogP contribution is 2.34. The van der Waals surface area contributed by atoms with Crippen molar-refractivity contribution in [3.05, 3.63) is 48.3 Å². The minimum atomic E-state index is -0.588. The van der Waals surface area contributed by atoms with Gasteiger partial charge >= 0.3 is 6.09 Å². The number of amides is 2. The number of nitrogens with one attached hydrogen (secondary N) is 2. The summed E-state index contributed by atoms with van der Waals surface area (Å²) < 4.78 is 5.54. The maximum Gasteiger partial charge on any atom is 0.410 e. The number of hydrogen-bond acceptors (Lipinski definition) is 9. The summed E-state index contributed by atoms with van der Waals surface area (Å²) in [7, 11) is 0. The van der Waals surface area contributed by atoms with Crippen LogP contribution in [0.4, 0.5) is 15.7 Å². The lowest BCUT2D eigenvalue weighted by molar-refractivity contribution is -0.126. The second-order valence-electron chi connectivity index (χ2n) is 11.9. The Bertz CT molecular complexity index is 1360. The molecule has 218 valence electrons. The maximum atomic E-state index is 13.2. The standard InChI is InChI=1S/C30H39N7O3S/c1-19-33-23(17-26(34-19)36-28-32-18-25(41-28)21-12-14-31-15-13-21)20-7-5-8-22(11-10-20)35-27(38)24-9-6-16-37(24)29(39)40-30(2,3)4/h12-15,17-18,20,22,24H,5-11,16H2,1-4H3,(H,35,38)(H,32,33,34,36)/t20?,22-,24+/m1/s1. The molecule has 2 N–H and O–H groups in total. The second-order valence-corrected chi connectivity index (χ2v) is 12.9. The number of nitrogens with zero attached hydrogens (tertiary/aromatic N) is 5. The Balaban J connectivity index is 1.19. The Hall–Kier alpha value is -3.60. The SMILES string of the molecule is Cc1nc(Nc2ncc(-c3ccncc3)s2)cc(C2CCC[C@@H](NC(=O)[C@@H]3CCCN3C(=O)OC(C)(C)C)CC2)n1. The first-order chi connectivity index (χ1) is 19.6. The van der Waals surface area contributed by atoms with Crippen LogP contribution in [0, 0.1) is 6.92 Å². The molecule has 1 saturated heterocycles. The third kappa shape index (κ3) is 7.58. The fourth-order valence-electron chi connectivity index (χ4n) is 5.57. The van der Waals surface area contributed by atoms with Gasteiger partial charge in [-0.2, -0.15) is 0 Å². The third-order valence-electron chi connectivity index (χ3n) is 7.48. The molecule has 41 heavy (non-hydrogen) atoms. The summed E-state index contributed by atoms with van der Waals surface area (Å²) in [6.07, 6.45) is 11.2. The molecule has 1 aliphatic heterocycles. The van der Waals surface area contributed by atoms with Crippen LogP contribution < -0.4 is 10.6 Å². The van der Waals surface area contributed by atoms with Crippen molar-refractivity contribution in [1.29, 1.82) is 0 Å². The summed E-state index contributed by atoms with van der Waals surface area (Å²) >= 11 is 1.57. The molecule has 4 heterocycles. The summed E-state index contributed by atoms with van der Waals surface area (Å²) in [5, 5.41) is 7.39. The van der Waals surface area contributed by atoms with Gasteiger partial charge in [0.2, 0.25) is 5.91 Å². The average molecular weight is 578 g/mol. The van der Waals surface area contributed by atoms with Crippen molar-refractivity contribution in [3.8, 4) is 10.4 Å². The van der Waals surface area contributed by atoms with Gasteiger partial charge in [-0.1, -0.05) is 17.8 Å². The van der Waals surface area contributed by atoms with Gasteiger partial charge in [-0.25, -0.2) is 19.7 Å². The third-order valence-corrected chi connectivity index (χ3v) is 8.44. The predicted octanol–water partition coefficient (Wildman–Crippen LogP) is 5.98. The molecule has 5 rings (SSSR count). The fraction of sp³-hybridized carbons (Fsp3) is 0.533. The molecule has 3 aromatic rings. The van der Waals surface area contributed by atoms with E-state index in [2.05, 4.69) is 25.6 Å². The highest BCUT2D eigenvalue weighted by Gasteiger charge is 2.37. The Morgan fingerprint density at radius 2 is 1.85 bits per heavy atom. The fourth-order valence-corrected chi connectivity index (χ4v) is 6.40. The largest absolute Gasteiger partial charge is 0.444 e. The molecular weight excluding hydrogens is 538 g/mol. The molecule has 1 aliphatic carbocycles. The maximum absolute atomic E-state index is 13.2. The summed E-state index contributed by atoms with van der Waals surface area (Å²) in [6.45, 7) is 7.99. The Labute approximate surface area is 245 Å². The highest BCUT2D eigenvalue weighted by molar-refractivity contribution is 7.18.